The molecule has 2 N–H and O–H groups in total. The summed E-state index contributed by atoms with van der Waals surface area (Å²) in [6, 6.07) is 10.5. The zero-order chi connectivity index (χ0) is 15.0. The minimum Gasteiger partial charge on any atom is -0.369 e. The maximum Gasteiger partial charge on any atom is 0.222 e. The SMILES string of the molecule is Cc1ccc2cc(CN3C[C@@H](C)[C@H](C(N)=O)C3)ccc2n1. The summed E-state index contributed by atoms with van der Waals surface area (Å²) in [7, 11) is 0. The molecule has 2 aromatic rings. The Bertz CT molecular complexity index is 683. The first kappa shape index (κ1) is 14.0. The monoisotopic (exact) mass is 283 g/mol. The molecule has 1 saturated heterocycles. The van der Waals surface area contributed by atoms with Gasteiger partial charge in [-0.3, -0.25) is 14.7 Å². The van der Waals surface area contributed by atoms with Crippen LogP contribution < -0.4 is 5.73 Å². The Morgan fingerprint density at radius 3 is 2.86 bits per heavy atom. The van der Waals surface area contributed by atoms with Crippen molar-refractivity contribution in [3.8, 4) is 0 Å². The van der Waals surface area contributed by atoms with E-state index in [4.69, 9.17) is 5.73 Å². The van der Waals surface area contributed by atoms with Crippen LogP contribution in [0, 0.1) is 18.8 Å². The summed E-state index contributed by atoms with van der Waals surface area (Å²) in [6.45, 7) is 6.65. The number of amides is 1. The smallest absolute Gasteiger partial charge is 0.222 e. The first-order valence-electron chi connectivity index (χ1n) is 7.41. The number of benzene rings is 1. The molecule has 0 aliphatic carbocycles. The number of rotatable bonds is 3. The van der Waals surface area contributed by atoms with E-state index in [0.29, 0.717) is 5.92 Å². The molecule has 1 aliphatic heterocycles. The molecule has 1 fully saturated rings. The predicted octanol–water partition coefficient (Wildman–Crippen LogP) is 2.10. The van der Waals surface area contributed by atoms with Gasteiger partial charge in [0.1, 0.15) is 0 Å². The zero-order valence-electron chi connectivity index (χ0n) is 12.5. The van der Waals surface area contributed by atoms with E-state index < -0.39 is 0 Å². The molecule has 0 spiro atoms. The van der Waals surface area contributed by atoms with E-state index in [2.05, 4.69) is 41.1 Å². The van der Waals surface area contributed by atoms with Crippen molar-refractivity contribution in [2.24, 2.45) is 17.6 Å². The number of aryl methyl sites for hydroxylation is 1. The van der Waals surface area contributed by atoms with Gasteiger partial charge in [-0.25, -0.2) is 0 Å². The van der Waals surface area contributed by atoms with Gasteiger partial charge in [0.2, 0.25) is 5.91 Å². The van der Waals surface area contributed by atoms with Crippen LogP contribution in [0.3, 0.4) is 0 Å². The van der Waals surface area contributed by atoms with Crippen molar-refractivity contribution in [1.29, 1.82) is 0 Å². The maximum absolute atomic E-state index is 11.4. The largest absolute Gasteiger partial charge is 0.369 e. The minimum atomic E-state index is -0.178. The third kappa shape index (κ3) is 2.90. The average molecular weight is 283 g/mol. The Balaban J connectivity index is 1.76. The quantitative estimate of drug-likeness (QED) is 0.938. The molecule has 0 radical (unpaired) electrons. The normalized spacial score (nSPS) is 22.8. The first-order valence-corrected chi connectivity index (χ1v) is 7.41. The number of carbonyl (C=O) groups is 1. The minimum absolute atomic E-state index is 0.0187. The fourth-order valence-electron chi connectivity index (χ4n) is 3.20. The predicted molar refractivity (Wildman–Crippen MR) is 83.6 cm³/mol. The van der Waals surface area contributed by atoms with E-state index in [0.717, 1.165) is 36.2 Å². The Morgan fingerprint density at radius 1 is 1.33 bits per heavy atom. The van der Waals surface area contributed by atoms with Gasteiger partial charge in [0.25, 0.3) is 0 Å². The fraction of sp³-hybridized carbons (Fsp3) is 0.412. The molecule has 1 aromatic carbocycles. The van der Waals surface area contributed by atoms with Crippen LogP contribution in [0.5, 0.6) is 0 Å². The van der Waals surface area contributed by atoms with E-state index in [1.54, 1.807) is 0 Å². The zero-order valence-corrected chi connectivity index (χ0v) is 12.5. The summed E-state index contributed by atoms with van der Waals surface area (Å²) in [5.74, 6) is 0.144. The van der Waals surface area contributed by atoms with Crippen LogP contribution in [0.1, 0.15) is 18.2 Å². The van der Waals surface area contributed by atoms with Gasteiger partial charge in [0.05, 0.1) is 11.4 Å². The second-order valence-corrected chi connectivity index (χ2v) is 6.16. The van der Waals surface area contributed by atoms with E-state index in [-0.39, 0.29) is 11.8 Å². The highest BCUT2D eigenvalue weighted by atomic mass is 16.1. The number of nitrogens with two attached hydrogens (primary N) is 1. The Kier molecular flexibility index (Phi) is 3.64. The number of primary amides is 1. The molecular weight excluding hydrogens is 262 g/mol. The van der Waals surface area contributed by atoms with E-state index >= 15 is 0 Å². The van der Waals surface area contributed by atoms with Crippen molar-refractivity contribution in [1.82, 2.24) is 9.88 Å². The molecule has 110 valence electrons. The Labute approximate surface area is 125 Å². The third-order valence-electron chi connectivity index (χ3n) is 4.35. The summed E-state index contributed by atoms with van der Waals surface area (Å²) >= 11 is 0. The van der Waals surface area contributed by atoms with Gasteiger partial charge in [0, 0.05) is 30.7 Å². The van der Waals surface area contributed by atoms with Crippen LogP contribution >= 0.6 is 0 Å². The molecule has 1 aromatic heterocycles. The first-order chi connectivity index (χ1) is 10.0. The second kappa shape index (κ2) is 5.45. The van der Waals surface area contributed by atoms with Gasteiger partial charge in [-0.1, -0.05) is 19.1 Å². The lowest BCUT2D eigenvalue weighted by atomic mass is 9.98. The summed E-state index contributed by atoms with van der Waals surface area (Å²) in [5, 5.41) is 1.16. The molecule has 0 unspecified atom stereocenters. The topological polar surface area (TPSA) is 59.2 Å². The molecule has 1 aliphatic rings. The number of likely N-dealkylation sites (tertiary alicyclic amines) is 1. The standard InChI is InChI=1S/C17H21N3O/c1-11-8-20(10-15(11)17(18)21)9-13-4-6-16-14(7-13)5-3-12(2)19-16/h3-7,11,15H,8-10H2,1-2H3,(H2,18,21)/t11-,15-/m1/s1. The van der Waals surface area contributed by atoms with E-state index in [1.165, 1.54) is 5.56 Å². The number of nitrogens with zero attached hydrogens (tertiary/aromatic N) is 2. The van der Waals surface area contributed by atoms with Crippen molar-refractivity contribution in [3.05, 3.63) is 41.6 Å². The van der Waals surface area contributed by atoms with Crippen LogP contribution in [0.4, 0.5) is 0 Å². The molecule has 0 saturated carbocycles. The van der Waals surface area contributed by atoms with Gasteiger partial charge >= 0.3 is 0 Å². The van der Waals surface area contributed by atoms with Crippen LogP contribution in [0.25, 0.3) is 10.9 Å². The van der Waals surface area contributed by atoms with Crippen LogP contribution in [-0.2, 0) is 11.3 Å². The van der Waals surface area contributed by atoms with Crippen LogP contribution in [-0.4, -0.2) is 28.9 Å². The van der Waals surface area contributed by atoms with Gasteiger partial charge in [0.15, 0.2) is 0 Å². The molecule has 4 heteroatoms. The van der Waals surface area contributed by atoms with Crippen molar-refractivity contribution >= 4 is 16.8 Å². The molecule has 0 bridgehead atoms. The lowest BCUT2D eigenvalue weighted by Gasteiger charge is -2.15. The summed E-state index contributed by atoms with van der Waals surface area (Å²) in [6.07, 6.45) is 0. The van der Waals surface area contributed by atoms with Crippen molar-refractivity contribution in [2.45, 2.75) is 20.4 Å². The van der Waals surface area contributed by atoms with Crippen LogP contribution in [0.2, 0.25) is 0 Å². The summed E-state index contributed by atoms with van der Waals surface area (Å²) in [5.41, 5.74) is 8.78. The summed E-state index contributed by atoms with van der Waals surface area (Å²) in [4.78, 5) is 18.2. The highest BCUT2D eigenvalue weighted by molar-refractivity contribution is 5.79. The van der Waals surface area contributed by atoms with Crippen molar-refractivity contribution in [3.63, 3.8) is 0 Å². The Morgan fingerprint density at radius 2 is 2.14 bits per heavy atom. The highest BCUT2D eigenvalue weighted by Gasteiger charge is 2.33. The average Bonchev–Trinajstić information content (AvgIpc) is 2.80. The van der Waals surface area contributed by atoms with Crippen molar-refractivity contribution in [2.75, 3.05) is 13.1 Å². The lowest BCUT2D eigenvalue weighted by Crippen LogP contribution is -2.29. The lowest BCUT2D eigenvalue weighted by molar-refractivity contribution is -0.122. The van der Waals surface area contributed by atoms with Gasteiger partial charge < -0.3 is 5.73 Å². The number of aromatic nitrogens is 1. The van der Waals surface area contributed by atoms with E-state index in [1.807, 2.05) is 13.0 Å². The van der Waals surface area contributed by atoms with Gasteiger partial charge in [-0.2, -0.15) is 0 Å². The Hall–Kier alpha value is -1.94. The highest BCUT2D eigenvalue weighted by Crippen LogP contribution is 2.25. The van der Waals surface area contributed by atoms with Crippen LogP contribution in [0.15, 0.2) is 30.3 Å². The molecule has 1 amide bonds. The number of carbonyl (C=O) groups excluding carboxylic acids is 1. The number of pyridine rings is 1. The van der Waals surface area contributed by atoms with Gasteiger partial charge in [-0.15, -0.1) is 0 Å². The van der Waals surface area contributed by atoms with Gasteiger partial charge in [-0.05, 0) is 36.6 Å². The molecular formula is C17H21N3O. The molecule has 3 rings (SSSR count). The molecule has 2 heterocycles. The summed E-state index contributed by atoms with van der Waals surface area (Å²) < 4.78 is 0. The fourth-order valence-corrected chi connectivity index (χ4v) is 3.20. The molecule has 21 heavy (non-hydrogen) atoms. The number of fused-ring (bicyclic) bond motifs is 1. The second-order valence-electron chi connectivity index (χ2n) is 6.16. The van der Waals surface area contributed by atoms with E-state index in [9.17, 15) is 4.79 Å². The maximum atomic E-state index is 11.4. The molecule has 2 atom stereocenters. The molecule has 4 nitrogen and oxygen atoms in total. The number of hydrogen-bond donors (Lipinski definition) is 1. The van der Waals surface area contributed by atoms with Crippen molar-refractivity contribution < 1.29 is 4.79 Å². The number of hydrogen-bond acceptors (Lipinski definition) is 3. The third-order valence-corrected chi connectivity index (χ3v) is 4.35.